The Balaban J connectivity index is 1.54. The van der Waals surface area contributed by atoms with Crippen molar-refractivity contribution in [2.75, 3.05) is 5.32 Å². The lowest BCUT2D eigenvalue weighted by Gasteiger charge is -2.28. The van der Waals surface area contributed by atoms with E-state index in [1.807, 2.05) is 24.3 Å². The molecule has 2 fully saturated rings. The average Bonchev–Trinajstić information content (AvgIpc) is 2.68. The summed E-state index contributed by atoms with van der Waals surface area (Å²) in [6.07, 6.45) is 5.54. The lowest BCUT2D eigenvalue weighted by molar-refractivity contribution is -0.117. The van der Waals surface area contributed by atoms with Crippen molar-refractivity contribution in [2.24, 2.45) is 5.92 Å². The van der Waals surface area contributed by atoms with Gasteiger partial charge < -0.3 is 10.6 Å². The number of benzene rings is 1. The third-order valence-corrected chi connectivity index (χ3v) is 4.65. The fourth-order valence-electron chi connectivity index (χ4n) is 3.38. The molecular formula is C15H19BrN2O. The van der Waals surface area contributed by atoms with Gasteiger partial charge in [-0.15, -0.1) is 0 Å². The Hall–Kier alpha value is -0.870. The number of amides is 1. The van der Waals surface area contributed by atoms with Crippen molar-refractivity contribution in [2.45, 2.75) is 44.2 Å². The van der Waals surface area contributed by atoms with Crippen LogP contribution in [0.25, 0.3) is 0 Å². The molecule has 2 atom stereocenters. The summed E-state index contributed by atoms with van der Waals surface area (Å²) in [6.45, 7) is 0. The summed E-state index contributed by atoms with van der Waals surface area (Å²) >= 11 is 3.42. The molecule has 4 heteroatoms. The van der Waals surface area contributed by atoms with Crippen LogP contribution in [-0.4, -0.2) is 18.0 Å². The molecule has 2 heterocycles. The third kappa shape index (κ3) is 3.37. The molecule has 0 radical (unpaired) electrons. The fourth-order valence-corrected chi connectivity index (χ4v) is 3.78. The second kappa shape index (κ2) is 5.63. The van der Waals surface area contributed by atoms with E-state index >= 15 is 0 Å². The quantitative estimate of drug-likeness (QED) is 0.896. The van der Waals surface area contributed by atoms with Crippen LogP contribution < -0.4 is 10.6 Å². The summed E-state index contributed by atoms with van der Waals surface area (Å²) in [4.78, 5) is 12.1. The zero-order valence-corrected chi connectivity index (χ0v) is 12.4. The van der Waals surface area contributed by atoms with Crippen LogP contribution in [0.15, 0.2) is 28.7 Å². The van der Waals surface area contributed by atoms with Crippen molar-refractivity contribution in [3.63, 3.8) is 0 Å². The second-order valence-corrected chi connectivity index (χ2v) is 6.65. The van der Waals surface area contributed by atoms with Crippen molar-refractivity contribution in [3.8, 4) is 0 Å². The molecule has 1 aromatic carbocycles. The van der Waals surface area contributed by atoms with E-state index in [0.717, 1.165) is 23.0 Å². The van der Waals surface area contributed by atoms with Gasteiger partial charge >= 0.3 is 0 Å². The highest BCUT2D eigenvalue weighted by molar-refractivity contribution is 9.10. The van der Waals surface area contributed by atoms with Gasteiger partial charge in [-0.2, -0.15) is 0 Å². The molecule has 0 spiro atoms. The van der Waals surface area contributed by atoms with Gasteiger partial charge in [-0.05, 0) is 49.8 Å². The lowest BCUT2D eigenvalue weighted by Crippen LogP contribution is -2.39. The number of anilines is 1. The predicted molar refractivity (Wildman–Crippen MR) is 80.1 cm³/mol. The molecule has 2 bridgehead atoms. The molecule has 19 heavy (non-hydrogen) atoms. The summed E-state index contributed by atoms with van der Waals surface area (Å²) in [5, 5.41) is 6.60. The topological polar surface area (TPSA) is 41.1 Å². The van der Waals surface area contributed by atoms with Crippen LogP contribution in [0.2, 0.25) is 0 Å². The minimum atomic E-state index is 0.143. The van der Waals surface area contributed by atoms with Gasteiger partial charge in [-0.1, -0.05) is 22.0 Å². The molecule has 0 aromatic heterocycles. The Morgan fingerprint density at radius 3 is 2.74 bits per heavy atom. The number of rotatable bonds is 3. The second-order valence-electron chi connectivity index (χ2n) is 5.74. The molecule has 3 nitrogen and oxygen atoms in total. The van der Waals surface area contributed by atoms with Crippen LogP contribution in [0.5, 0.6) is 0 Å². The average molecular weight is 323 g/mol. The first kappa shape index (κ1) is 13.1. The van der Waals surface area contributed by atoms with Crippen molar-refractivity contribution in [1.82, 2.24) is 5.32 Å². The van der Waals surface area contributed by atoms with Crippen LogP contribution in [-0.2, 0) is 4.79 Å². The minimum Gasteiger partial charge on any atom is -0.326 e. The SMILES string of the molecule is O=C(CC1CC2CCC(C1)N2)Nc1cccc(Br)c1. The van der Waals surface area contributed by atoms with Gasteiger partial charge in [0.25, 0.3) is 0 Å². The number of nitrogens with one attached hydrogen (secondary N) is 2. The zero-order chi connectivity index (χ0) is 13.2. The molecule has 1 aromatic rings. The third-order valence-electron chi connectivity index (χ3n) is 4.15. The molecule has 2 saturated heterocycles. The van der Waals surface area contributed by atoms with Crippen LogP contribution in [0.1, 0.15) is 32.1 Å². The number of piperidine rings is 1. The van der Waals surface area contributed by atoms with Crippen LogP contribution >= 0.6 is 15.9 Å². The maximum Gasteiger partial charge on any atom is 0.224 e. The van der Waals surface area contributed by atoms with Gasteiger partial charge in [0.1, 0.15) is 0 Å². The number of fused-ring (bicyclic) bond motifs is 2. The van der Waals surface area contributed by atoms with Gasteiger partial charge in [-0.25, -0.2) is 0 Å². The molecule has 102 valence electrons. The normalized spacial score (nSPS) is 29.2. The summed E-state index contributed by atoms with van der Waals surface area (Å²) in [7, 11) is 0. The first-order valence-corrected chi connectivity index (χ1v) is 7.80. The number of halogens is 1. The van der Waals surface area contributed by atoms with E-state index in [9.17, 15) is 4.79 Å². The Labute approximate surface area is 122 Å². The molecule has 3 rings (SSSR count). The number of hydrogen-bond donors (Lipinski definition) is 2. The van der Waals surface area contributed by atoms with E-state index in [0.29, 0.717) is 24.4 Å². The molecule has 1 amide bonds. The maximum atomic E-state index is 12.1. The summed E-state index contributed by atoms with van der Waals surface area (Å²) in [5.74, 6) is 0.690. The van der Waals surface area contributed by atoms with Gasteiger partial charge in [-0.3, -0.25) is 4.79 Å². The first-order chi connectivity index (χ1) is 9.19. The molecule has 2 N–H and O–H groups in total. The van der Waals surface area contributed by atoms with Gasteiger partial charge in [0.05, 0.1) is 0 Å². The largest absolute Gasteiger partial charge is 0.326 e. The predicted octanol–water partition coefficient (Wildman–Crippen LogP) is 3.31. The number of carbonyl (C=O) groups is 1. The van der Waals surface area contributed by atoms with E-state index in [-0.39, 0.29) is 5.91 Å². The monoisotopic (exact) mass is 322 g/mol. The van der Waals surface area contributed by atoms with Crippen LogP contribution in [0, 0.1) is 5.92 Å². The maximum absolute atomic E-state index is 12.1. The standard InChI is InChI=1S/C15H19BrN2O/c16-11-2-1-3-12(9-11)18-15(19)8-10-6-13-4-5-14(7-10)17-13/h1-3,9-10,13-14,17H,4-8H2,(H,18,19). The molecule has 2 aliphatic heterocycles. The lowest BCUT2D eigenvalue weighted by atomic mass is 9.89. The Kier molecular flexibility index (Phi) is 3.89. The smallest absolute Gasteiger partial charge is 0.224 e. The highest BCUT2D eigenvalue weighted by Gasteiger charge is 2.34. The first-order valence-electron chi connectivity index (χ1n) is 7.00. The fraction of sp³-hybridized carbons (Fsp3) is 0.533. The van der Waals surface area contributed by atoms with E-state index < -0.39 is 0 Å². The van der Waals surface area contributed by atoms with Gasteiger partial charge in [0, 0.05) is 28.7 Å². The van der Waals surface area contributed by atoms with E-state index in [4.69, 9.17) is 0 Å². The van der Waals surface area contributed by atoms with Gasteiger partial charge in [0.2, 0.25) is 5.91 Å². The molecule has 0 saturated carbocycles. The molecule has 0 aliphatic carbocycles. The minimum absolute atomic E-state index is 0.143. The number of carbonyl (C=O) groups excluding carboxylic acids is 1. The highest BCUT2D eigenvalue weighted by Crippen LogP contribution is 2.32. The number of hydrogen-bond acceptors (Lipinski definition) is 2. The Morgan fingerprint density at radius 2 is 2.05 bits per heavy atom. The van der Waals surface area contributed by atoms with Gasteiger partial charge in [0.15, 0.2) is 0 Å². The summed E-state index contributed by atoms with van der Waals surface area (Å²) in [6, 6.07) is 9.06. The zero-order valence-electron chi connectivity index (χ0n) is 10.9. The molecule has 2 aliphatic rings. The van der Waals surface area contributed by atoms with Crippen molar-refractivity contribution in [1.29, 1.82) is 0 Å². The van der Waals surface area contributed by atoms with E-state index in [1.165, 1.54) is 12.8 Å². The summed E-state index contributed by atoms with van der Waals surface area (Å²) in [5.41, 5.74) is 0.872. The van der Waals surface area contributed by atoms with Crippen molar-refractivity contribution < 1.29 is 4.79 Å². The van der Waals surface area contributed by atoms with Crippen molar-refractivity contribution in [3.05, 3.63) is 28.7 Å². The Bertz CT molecular complexity index is 465. The van der Waals surface area contributed by atoms with Crippen LogP contribution in [0.4, 0.5) is 5.69 Å². The molecule has 2 unspecified atom stereocenters. The van der Waals surface area contributed by atoms with Crippen molar-refractivity contribution >= 4 is 27.5 Å². The van der Waals surface area contributed by atoms with Crippen LogP contribution in [0.3, 0.4) is 0 Å². The Morgan fingerprint density at radius 1 is 1.32 bits per heavy atom. The summed E-state index contributed by atoms with van der Waals surface area (Å²) < 4.78 is 0.991. The highest BCUT2D eigenvalue weighted by atomic mass is 79.9. The van der Waals surface area contributed by atoms with E-state index in [2.05, 4.69) is 26.6 Å². The molecular weight excluding hydrogens is 304 g/mol. The van der Waals surface area contributed by atoms with E-state index in [1.54, 1.807) is 0 Å².